The summed E-state index contributed by atoms with van der Waals surface area (Å²) < 4.78 is 37.5. The molecule has 5 nitrogen and oxygen atoms in total. The summed E-state index contributed by atoms with van der Waals surface area (Å²) in [6, 6.07) is 2.92. The number of fused-ring (bicyclic) bond motifs is 1. The van der Waals surface area contributed by atoms with E-state index in [0.717, 1.165) is 5.56 Å². The molecular weight excluding hydrogens is 375 g/mol. The number of nitrogens with zero attached hydrogens (tertiary/aromatic N) is 1. The van der Waals surface area contributed by atoms with Gasteiger partial charge in [-0.2, -0.15) is 0 Å². The summed E-state index contributed by atoms with van der Waals surface area (Å²) in [7, 11) is -3.02. The molecule has 8 heteroatoms. The maximum atomic E-state index is 14.1. The predicted molar refractivity (Wildman–Crippen MR) is 85.2 cm³/mol. The molecule has 0 saturated carbocycles. The quantitative estimate of drug-likeness (QED) is 0.843. The van der Waals surface area contributed by atoms with Crippen LogP contribution >= 0.6 is 15.9 Å². The molecule has 120 valence electrons. The number of hydrogen-bond donors (Lipinski definition) is 1. The van der Waals surface area contributed by atoms with Crippen LogP contribution in [0.5, 0.6) is 0 Å². The zero-order chi connectivity index (χ0) is 15.9. The van der Waals surface area contributed by atoms with E-state index < -0.39 is 9.84 Å². The summed E-state index contributed by atoms with van der Waals surface area (Å²) in [4.78, 5) is 13.8. The van der Waals surface area contributed by atoms with E-state index in [1.54, 1.807) is 4.90 Å². The van der Waals surface area contributed by atoms with Gasteiger partial charge in [-0.05, 0) is 30.5 Å². The number of rotatable bonds is 3. The van der Waals surface area contributed by atoms with Gasteiger partial charge in [0.2, 0.25) is 5.91 Å². The first-order chi connectivity index (χ1) is 10.3. The number of sulfone groups is 1. The lowest BCUT2D eigenvalue weighted by molar-refractivity contribution is -0.120. The monoisotopic (exact) mass is 390 g/mol. The summed E-state index contributed by atoms with van der Waals surface area (Å²) in [5.41, 5.74) is 1.35. The van der Waals surface area contributed by atoms with Crippen molar-refractivity contribution in [3.8, 4) is 0 Å². The van der Waals surface area contributed by atoms with E-state index in [2.05, 4.69) is 21.2 Å². The van der Waals surface area contributed by atoms with Crippen LogP contribution in [0.2, 0.25) is 0 Å². The summed E-state index contributed by atoms with van der Waals surface area (Å²) >= 11 is 3.26. The number of anilines is 1. The average molecular weight is 391 g/mol. The molecular formula is C14H16BrFN2O3S. The third-order valence-corrected chi connectivity index (χ3v) is 6.23. The topological polar surface area (TPSA) is 66.5 Å². The minimum atomic E-state index is -3.02. The Balaban J connectivity index is 1.65. The van der Waals surface area contributed by atoms with Crippen LogP contribution in [0.4, 0.5) is 10.1 Å². The Kier molecular flexibility index (Phi) is 4.15. The van der Waals surface area contributed by atoms with Crippen molar-refractivity contribution in [2.24, 2.45) is 0 Å². The van der Waals surface area contributed by atoms with Crippen molar-refractivity contribution < 1.29 is 17.6 Å². The van der Waals surface area contributed by atoms with E-state index in [0.29, 0.717) is 29.5 Å². The highest BCUT2D eigenvalue weighted by molar-refractivity contribution is 9.10. The molecule has 22 heavy (non-hydrogen) atoms. The van der Waals surface area contributed by atoms with Crippen molar-refractivity contribution >= 4 is 37.4 Å². The minimum Gasteiger partial charge on any atom is -0.359 e. The van der Waals surface area contributed by atoms with Crippen LogP contribution in [-0.4, -0.2) is 45.0 Å². The maximum absolute atomic E-state index is 14.1. The van der Waals surface area contributed by atoms with Crippen molar-refractivity contribution in [2.75, 3.05) is 29.5 Å². The SMILES string of the molecule is O=C(CN1CCc2cc(Br)cc(F)c21)N[C@H]1CCS(=O)(=O)C1. The van der Waals surface area contributed by atoms with Crippen LogP contribution in [0.1, 0.15) is 12.0 Å². The highest BCUT2D eigenvalue weighted by Gasteiger charge is 2.30. The van der Waals surface area contributed by atoms with E-state index in [1.807, 2.05) is 6.07 Å². The molecule has 1 atom stereocenters. The van der Waals surface area contributed by atoms with Crippen molar-refractivity contribution in [2.45, 2.75) is 18.9 Å². The molecule has 0 spiro atoms. The fourth-order valence-electron chi connectivity index (χ4n) is 3.04. The molecule has 2 aliphatic rings. The number of carbonyl (C=O) groups excluding carboxylic acids is 1. The molecule has 1 saturated heterocycles. The Labute approximate surface area is 136 Å². The van der Waals surface area contributed by atoms with Crippen LogP contribution in [0.15, 0.2) is 16.6 Å². The molecule has 1 N–H and O–H groups in total. The highest BCUT2D eigenvalue weighted by atomic mass is 79.9. The van der Waals surface area contributed by atoms with Crippen LogP contribution in [-0.2, 0) is 21.1 Å². The second-order valence-electron chi connectivity index (χ2n) is 5.73. The molecule has 1 amide bonds. The number of benzene rings is 1. The highest BCUT2D eigenvalue weighted by Crippen LogP contribution is 2.33. The van der Waals surface area contributed by atoms with Crippen molar-refractivity contribution in [1.29, 1.82) is 0 Å². The Morgan fingerprint density at radius 2 is 2.23 bits per heavy atom. The smallest absolute Gasteiger partial charge is 0.239 e. The predicted octanol–water partition coefficient (Wildman–Crippen LogP) is 1.25. The molecule has 1 aromatic rings. The lowest BCUT2D eigenvalue weighted by Crippen LogP contribution is -2.42. The van der Waals surface area contributed by atoms with Crippen LogP contribution < -0.4 is 10.2 Å². The Morgan fingerprint density at radius 3 is 2.91 bits per heavy atom. The van der Waals surface area contributed by atoms with Gasteiger partial charge in [0.1, 0.15) is 5.82 Å². The molecule has 0 unspecified atom stereocenters. The van der Waals surface area contributed by atoms with E-state index in [-0.39, 0.29) is 35.8 Å². The van der Waals surface area contributed by atoms with Gasteiger partial charge in [-0.15, -0.1) is 0 Å². The van der Waals surface area contributed by atoms with Crippen LogP contribution in [0.25, 0.3) is 0 Å². The maximum Gasteiger partial charge on any atom is 0.239 e. The first-order valence-corrected chi connectivity index (χ1v) is 9.68. The molecule has 2 aliphatic heterocycles. The van der Waals surface area contributed by atoms with Gasteiger partial charge < -0.3 is 10.2 Å². The fraction of sp³-hybridized carbons (Fsp3) is 0.500. The molecule has 1 fully saturated rings. The molecule has 0 aliphatic carbocycles. The number of nitrogens with one attached hydrogen (secondary N) is 1. The van der Waals surface area contributed by atoms with Gasteiger partial charge in [0.05, 0.1) is 23.7 Å². The minimum absolute atomic E-state index is 0.00334. The standard InChI is InChI=1S/C14H16BrFN2O3S/c15-10-5-9-1-3-18(14(9)12(16)6-10)7-13(19)17-11-2-4-22(20,21)8-11/h5-6,11H,1-4,7-8H2,(H,17,19)/t11-/m0/s1. The van der Waals surface area contributed by atoms with Gasteiger partial charge in [0.15, 0.2) is 9.84 Å². The summed E-state index contributed by atoms with van der Waals surface area (Å²) in [6.07, 6.45) is 1.14. The number of hydrogen-bond acceptors (Lipinski definition) is 4. The second-order valence-corrected chi connectivity index (χ2v) is 8.88. The van der Waals surface area contributed by atoms with Crippen molar-refractivity contribution in [3.63, 3.8) is 0 Å². The zero-order valence-electron chi connectivity index (χ0n) is 11.8. The lowest BCUT2D eigenvalue weighted by Gasteiger charge is -2.20. The molecule has 3 rings (SSSR count). The number of amides is 1. The van der Waals surface area contributed by atoms with E-state index in [1.165, 1.54) is 6.07 Å². The molecule has 0 radical (unpaired) electrons. The van der Waals surface area contributed by atoms with Crippen LogP contribution in [0, 0.1) is 5.82 Å². The Bertz CT molecular complexity index is 723. The number of carbonyl (C=O) groups is 1. The Morgan fingerprint density at radius 1 is 1.45 bits per heavy atom. The van der Waals surface area contributed by atoms with E-state index in [4.69, 9.17) is 0 Å². The zero-order valence-corrected chi connectivity index (χ0v) is 14.2. The average Bonchev–Trinajstić information content (AvgIpc) is 2.93. The second kappa shape index (κ2) is 5.81. The molecule has 0 bridgehead atoms. The molecule has 0 aromatic heterocycles. The van der Waals surface area contributed by atoms with Gasteiger partial charge in [-0.25, -0.2) is 12.8 Å². The third kappa shape index (κ3) is 3.27. The first-order valence-electron chi connectivity index (χ1n) is 7.07. The Hall–Kier alpha value is -1.15. The van der Waals surface area contributed by atoms with E-state index in [9.17, 15) is 17.6 Å². The normalized spacial score (nSPS) is 22.6. The summed E-state index contributed by atoms with van der Waals surface area (Å²) in [5.74, 6) is -0.501. The largest absolute Gasteiger partial charge is 0.359 e. The van der Waals surface area contributed by atoms with Crippen LogP contribution in [0.3, 0.4) is 0 Å². The first kappa shape index (κ1) is 15.7. The van der Waals surface area contributed by atoms with Gasteiger partial charge in [-0.1, -0.05) is 15.9 Å². The summed E-state index contributed by atoms with van der Waals surface area (Å²) in [5, 5.41) is 2.73. The number of halogens is 2. The van der Waals surface area contributed by atoms with Crippen molar-refractivity contribution in [3.05, 3.63) is 28.0 Å². The lowest BCUT2D eigenvalue weighted by atomic mass is 10.1. The third-order valence-electron chi connectivity index (χ3n) is 4.01. The van der Waals surface area contributed by atoms with Crippen molar-refractivity contribution in [1.82, 2.24) is 5.32 Å². The molecule has 2 heterocycles. The van der Waals surface area contributed by atoms with E-state index >= 15 is 0 Å². The fourth-order valence-corrected chi connectivity index (χ4v) is 5.20. The molecule has 1 aromatic carbocycles. The van der Waals surface area contributed by atoms with Gasteiger partial charge in [-0.3, -0.25) is 4.79 Å². The van der Waals surface area contributed by atoms with Gasteiger partial charge in [0, 0.05) is 17.1 Å². The van der Waals surface area contributed by atoms with Gasteiger partial charge in [0.25, 0.3) is 0 Å². The summed E-state index contributed by atoms with van der Waals surface area (Å²) in [6.45, 7) is 0.626. The van der Waals surface area contributed by atoms with Gasteiger partial charge >= 0.3 is 0 Å².